The van der Waals surface area contributed by atoms with Gasteiger partial charge in [-0.1, -0.05) is 6.07 Å². The van der Waals surface area contributed by atoms with Crippen molar-refractivity contribution >= 4 is 15.7 Å². The van der Waals surface area contributed by atoms with Crippen molar-refractivity contribution in [2.24, 2.45) is 0 Å². The van der Waals surface area contributed by atoms with Gasteiger partial charge < -0.3 is 9.64 Å². The molecule has 0 aromatic heterocycles. The molecule has 0 unspecified atom stereocenters. The summed E-state index contributed by atoms with van der Waals surface area (Å²) in [6, 6.07) is 7.64. The summed E-state index contributed by atoms with van der Waals surface area (Å²) in [5.41, 5.74) is 0.669. The van der Waals surface area contributed by atoms with E-state index in [0.29, 0.717) is 24.4 Å². The zero-order valence-corrected chi connectivity index (χ0v) is 16.5. The molecule has 1 amide bonds. The van der Waals surface area contributed by atoms with E-state index in [2.05, 4.69) is 4.90 Å². The molecule has 0 spiro atoms. The number of hydrogen-bond acceptors (Lipinski definition) is 5. The van der Waals surface area contributed by atoms with Crippen LogP contribution in [0.2, 0.25) is 0 Å². The van der Waals surface area contributed by atoms with Crippen LogP contribution in [-0.2, 0) is 9.84 Å². The average molecular weight is 393 g/mol. The Kier molecular flexibility index (Phi) is 5.41. The number of piperazine rings is 1. The molecule has 0 bridgehead atoms. The minimum atomic E-state index is -2.87. The second-order valence-electron chi connectivity index (χ2n) is 7.94. The molecule has 1 atom stereocenters. The zero-order chi connectivity index (χ0) is 18.9. The molecule has 6 nitrogen and oxygen atoms in total. The van der Waals surface area contributed by atoms with Gasteiger partial charge in [-0.2, -0.15) is 0 Å². The van der Waals surface area contributed by atoms with E-state index < -0.39 is 9.84 Å². The fourth-order valence-electron chi connectivity index (χ4n) is 4.44. The molecule has 1 aromatic rings. The van der Waals surface area contributed by atoms with Gasteiger partial charge in [0.2, 0.25) is 0 Å². The van der Waals surface area contributed by atoms with Crippen molar-refractivity contribution in [2.45, 2.75) is 44.2 Å². The molecular weight excluding hydrogens is 364 g/mol. The minimum absolute atomic E-state index is 0.0329. The van der Waals surface area contributed by atoms with Crippen LogP contribution in [0.3, 0.4) is 0 Å². The van der Waals surface area contributed by atoms with Gasteiger partial charge in [-0.25, -0.2) is 8.42 Å². The van der Waals surface area contributed by atoms with Crippen LogP contribution in [0.5, 0.6) is 5.75 Å². The number of amides is 1. The van der Waals surface area contributed by atoms with Crippen molar-refractivity contribution in [1.82, 2.24) is 9.80 Å². The highest BCUT2D eigenvalue weighted by Gasteiger charge is 2.34. The summed E-state index contributed by atoms with van der Waals surface area (Å²) in [5, 5.41) is 0. The number of nitrogens with zero attached hydrogens (tertiary/aromatic N) is 2. The fourth-order valence-corrected chi connectivity index (χ4v) is 6.20. The highest BCUT2D eigenvalue weighted by molar-refractivity contribution is 7.91. The van der Waals surface area contributed by atoms with Crippen LogP contribution in [0, 0.1) is 0 Å². The molecule has 27 heavy (non-hydrogen) atoms. The largest absolute Gasteiger partial charge is 0.490 e. The molecule has 4 rings (SSSR count). The van der Waals surface area contributed by atoms with E-state index >= 15 is 0 Å². The van der Waals surface area contributed by atoms with Crippen molar-refractivity contribution in [2.75, 3.05) is 37.7 Å². The van der Waals surface area contributed by atoms with Gasteiger partial charge in [-0.3, -0.25) is 9.69 Å². The first-order chi connectivity index (χ1) is 13.0. The van der Waals surface area contributed by atoms with Gasteiger partial charge in [0.1, 0.15) is 5.75 Å². The molecule has 2 saturated heterocycles. The molecule has 0 N–H and O–H groups in total. The molecule has 1 saturated carbocycles. The lowest BCUT2D eigenvalue weighted by Crippen LogP contribution is -2.52. The smallest absolute Gasteiger partial charge is 0.254 e. The standard InChI is InChI=1S/C20H28N2O4S/c23-20(16-4-3-7-19(14-16)26-18-5-1-2-6-18)22-11-9-21(10-12-22)17-8-13-27(24,25)15-17/h3-4,7,14,17-18H,1-2,5-6,8-13,15H2/t17-/m0/s1. The predicted molar refractivity (Wildman–Crippen MR) is 104 cm³/mol. The highest BCUT2D eigenvalue weighted by Crippen LogP contribution is 2.25. The van der Waals surface area contributed by atoms with Crippen molar-refractivity contribution in [1.29, 1.82) is 0 Å². The van der Waals surface area contributed by atoms with E-state index in [-0.39, 0.29) is 23.8 Å². The Balaban J connectivity index is 1.34. The molecule has 7 heteroatoms. The summed E-state index contributed by atoms with van der Waals surface area (Å²) in [7, 11) is -2.87. The lowest BCUT2D eigenvalue weighted by Gasteiger charge is -2.37. The second-order valence-corrected chi connectivity index (χ2v) is 10.2. The third kappa shape index (κ3) is 4.46. The van der Waals surface area contributed by atoms with E-state index in [1.165, 1.54) is 12.8 Å². The number of hydrogen-bond donors (Lipinski definition) is 0. The summed E-state index contributed by atoms with van der Waals surface area (Å²) in [6.45, 7) is 2.76. The van der Waals surface area contributed by atoms with Crippen LogP contribution >= 0.6 is 0 Å². The Morgan fingerprint density at radius 3 is 2.44 bits per heavy atom. The van der Waals surface area contributed by atoms with E-state index in [4.69, 9.17) is 4.74 Å². The van der Waals surface area contributed by atoms with Crippen LogP contribution in [0.15, 0.2) is 24.3 Å². The monoisotopic (exact) mass is 392 g/mol. The molecule has 3 aliphatic rings. The maximum atomic E-state index is 12.9. The SMILES string of the molecule is O=C(c1cccc(OC2CCCC2)c1)N1CCN([C@H]2CCS(=O)(=O)C2)CC1. The Morgan fingerprint density at radius 1 is 1.04 bits per heavy atom. The Bertz CT molecular complexity index is 781. The van der Waals surface area contributed by atoms with Crippen molar-refractivity contribution < 1.29 is 17.9 Å². The molecule has 2 heterocycles. The van der Waals surface area contributed by atoms with Gasteiger partial charge in [0.25, 0.3) is 5.91 Å². The van der Waals surface area contributed by atoms with Gasteiger partial charge >= 0.3 is 0 Å². The number of carbonyl (C=O) groups excluding carboxylic acids is 1. The third-order valence-corrected chi connectivity index (χ3v) is 7.76. The summed E-state index contributed by atoms with van der Waals surface area (Å²) in [6.07, 6.45) is 5.62. The fraction of sp³-hybridized carbons (Fsp3) is 0.650. The second kappa shape index (κ2) is 7.80. The molecule has 148 valence electrons. The van der Waals surface area contributed by atoms with Gasteiger partial charge in [-0.05, 0) is 50.3 Å². The summed E-state index contributed by atoms with van der Waals surface area (Å²) >= 11 is 0. The minimum Gasteiger partial charge on any atom is -0.490 e. The maximum Gasteiger partial charge on any atom is 0.254 e. The number of ether oxygens (including phenoxy) is 1. The van der Waals surface area contributed by atoms with Gasteiger partial charge in [0, 0.05) is 37.8 Å². The summed E-state index contributed by atoms with van der Waals surface area (Å²) < 4.78 is 29.4. The molecule has 2 aliphatic heterocycles. The third-order valence-electron chi connectivity index (χ3n) is 6.01. The molecule has 1 aromatic carbocycles. The van der Waals surface area contributed by atoms with Gasteiger partial charge in [-0.15, -0.1) is 0 Å². The van der Waals surface area contributed by atoms with Crippen molar-refractivity contribution in [3.05, 3.63) is 29.8 Å². The van der Waals surface area contributed by atoms with Gasteiger partial charge in [0.15, 0.2) is 9.84 Å². The van der Waals surface area contributed by atoms with Crippen LogP contribution < -0.4 is 4.74 Å². The quantitative estimate of drug-likeness (QED) is 0.784. The van der Waals surface area contributed by atoms with E-state index in [1.807, 2.05) is 29.2 Å². The van der Waals surface area contributed by atoms with E-state index in [0.717, 1.165) is 38.1 Å². The van der Waals surface area contributed by atoms with Gasteiger partial charge in [0.05, 0.1) is 17.6 Å². The number of benzene rings is 1. The Morgan fingerprint density at radius 2 is 1.78 bits per heavy atom. The van der Waals surface area contributed by atoms with Crippen LogP contribution in [0.25, 0.3) is 0 Å². The normalized spacial score (nSPS) is 26.4. The number of sulfone groups is 1. The number of rotatable bonds is 4. The lowest BCUT2D eigenvalue weighted by molar-refractivity contribution is 0.0587. The lowest BCUT2D eigenvalue weighted by atomic mass is 10.1. The topological polar surface area (TPSA) is 66.9 Å². The van der Waals surface area contributed by atoms with Crippen LogP contribution in [-0.4, -0.2) is 74.0 Å². The first kappa shape index (κ1) is 18.7. The predicted octanol–water partition coefficient (Wildman–Crippen LogP) is 1.95. The van der Waals surface area contributed by atoms with Crippen LogP contribution in [0.4, 0.5) is 0 Å². The Hall–Kier alpha value is -1.60. The molecule has 3 fully saturated rings. The first-order valence-electron chi connectivity index (χ1n) is 10.0. The highest BCUT2D eigenvalue weighted by atomic mass is 32.2. The van der Waals surface area contributed by atoms with Crippen molar-refractivity contribution in [3.8, 4) is 5.75 Å². The van der Waals surface area contributed by atoms with Crippen LogP contribution in [0.1, 0.15) is 42.5 Å². The Labute approximate surface area is 161 Å². The summed E-state index contributed by atoms with van der Waals surface area (Å²) in [5.74, 6) is 1.37. The molecule has 1 aliphatic carbocycles. The van der Waals surface area contributed by atoms with Crippen molar-refractivity contribution in [3.63, 3.8) is 0 Å². The number of carbonyl (C=O) groups is 1. The molecule has 0 radical (unpaired) electrons. The first-order valence-corrected chi connectivity index (χ1v) is 11.8. The maximum absolute atomic E-state index is 12.9. The average Bonchev–Trinajstić information content (AvgIpc) is 3.31. The summed E-state index contributed by atoms with van der Waals surface area (Å²) in [4.78, 5) is 17.0. The zero-order valence-electron chi connectivity index (χ0n) is 15.7. The molecular formula is C20H28N2O4S. The van der Waals surface area contributed by atoms with E-state index in [1.54, 1.807) is 0 Å². The van der Waals surface area contributed by atoms with E-state index in [9.17, 15) is 13.2 Å².